The normalized spacial score (nSPS) is 13.9. The highest BCUT2D eigenvalue weighted by Gasteiger charge is 2.30. The number of aliphatic hydroxyl groups excluding tert-OH is 1. The average Bonchev–Trinajstić information content (AvgIpc) is 1.79. The molecule has 0 aliphatic rings. The summed E-state index contributed by atoms with van der Waals surface area (Å²) < 4.78 is 68.4. The van der Waals surface area contributed by atoms with Gasteiger partial charge < -0.3 is 33.8 Å². The van der Waals surface area contributed by atoms with Crippen LogP contribution in [0.1, 0.15) is 426 Å². The van der Waals surface area contributed by atoms with Crippen molar-refractivity contribution in [1.82, 2.24) is 0 Å². The first-order valence-corrected chi connectivity index (χ1v) is 44.6. The Hall–Kier alpha value is -1.94. The van der Waals surface area contributed by atoms with Gasteiger partial charge in [0.15, 0.2) is 12.2 Å². The number of ether oxygens (including phenoxy) is 4. The lowest BCUT2D eigenvalue weighted by Gasteiger charge is -2.21. The number of carbonyl (C=O) groups excluding carboxylic acids is 4. The monoisotopic (exact) mass is 1450 g/mol. The van der Waals surface area contributed by atoms with Gasteiger partial charge in [-0.05, 0) is 31.6 Å². The van der Waals surface area contributed by atoms with Gasteiger partial charge in [0.1, 0.15) is 19.3 Å². The molecule has 0 spiro atoms. The molecule has 0 saturated heterocycles. The number of hydrogen-bond acceptors (Lipinski definition) is 15. The Bertz CT molecular complexity index is 1890. The Balaban J connectivity index is 5.11. The molecule has 0 amide bonds. The molecule has 0 aliphatic carbocycles. The van der Waals surface area contributed by atoms with Crippen LogP contribution in [0.15, 0.2) is 0 Å². The Kier molecular flexibility index (Phi) is 71.6. The van der Waals surface area contributed by atoms with Crippen LogP contribution in [0.4, 0.5) is 0 Å². The van der Waals surface area contributed by atoms with Crippen molar-refractivity contribution in [2.24, 2.45) is 5.92 Å². The second kappa shape index (κ2) is 73.0. The van der Waals surface area contributed by atoms with E-state index in [1.807, 2.05) is 0 Å². The first-order chi connectivity index (χ1) is 48.0. The van der Waals surface area contributed by atoms with E-state index in [1.165, 1.54) is 244 Å². The van der Waals surface area contributed by atoms with Crippen LogP contribution in [0.5, 0.6) is 0 Å². The van der Waals surface area contributed by atoms with Gasteiger partial charge in [0.05, 0.1) is 26.4 Å². The van der Waals surface area contributed by atoms with E-state index in [-0.39, 0.29) is 25.7 Å². The van der Waals surface area contributed by atoms with Gasteiger partial charge in [0, 0.05) is 25.7 Å². The fourth-order valence-corrected chi connectivity index (χ4v) is 14.0. The zero-order valence-electron chi connectivity index (χ0n) is 64.6. The standard InChI is InChI=1S/C80H156O17P2/c1-6-9-12-15-17-19-21-23-25-27-29-30-32-34-36-38-42-46-50-55-60-65-80(85)97-76(70-91-78(83)64-59-54-49-45-41-37-35-33-31-28-26-24-22-20-18-16-13-10-7-2)72-95-99(88,89)93-68-74(81)67-92-98(86,87)94-71-75(69-90-77(82)63-58-52-14-11-8-3)96-79(84)66-61-56-51-47-43-39-40-44-48-53-57-62-73(4)5/h73-76,81H,6-72H2,1-5H3,(H,86,87)(H,88,89)/t74-,75+,76+/m0/s1. The molecule has 3 N–H and O–H groups in total. The fourth-order valence-electron chi connectivity index (χ4n) is 12.4. The van der Waals surface area contributed by atoms with Crippen LogP contribution in [0.2, 0.25) is 0 Å². The zero-order valence-corrected chi connectivity index (χ0v) is 66.4. The lowest BCUT2D eigenvalue weighted by Crippen LogP contribution is -2.30. The van der Waals surface area contributed by atoms with Crippen LogP contribution in [0, 0.1) is 5.92 Å². The van der Waals surface area contributed by atoms with Crippen molar-refractivity contribution >= 4 is 39.5 Å². The van der Waals surface area contributed by atoms with Gasteiger partial charge >= 0.3 is 39.5 Å². The Morgan fingerprint density at radius 3 is 0.687 bits per heavy atom. The van der Waals surface area contributed by atoms with Crippen LogP contribution in [0.25, 0.3) is 0 Å². The first kappa shape index (κ1) is 97.1. The van der Waals surface area contributed by atoms with Crippen molar-refractivity contribution in [3.8, 4) is 0 Å². The van der Waals surface area contributed by atoms with Gasteiger partial charge in [-0.25, -0.2) is 9.13 Å². The number of esters is 4. The summed E-state index contributed by atoms with van der Waals surface area (Å²) in [6.07, 6.45) is 64.4. The third-order valence-electron chi connectivity index (χ3n) is 18.8. The maximum absolute atomic E-state index is 13.1. The smallest absolute Gasteiger partial charge is 0.462 e. The molecule has 0 saturated carbocycles. The summed E-state index contributed by atoms with van der Waals surface area (Å²) in [6, 6.07) is 0. The lowest BCUT2D eigenvalue weighted by molar-refractivity contribution is -0.161. The summed E-state index contributed by atoms with van der Waals surface area (Å²) in [5.74, 6) is -1.36. The largest absolute Gasteiger partial charge is 0.472 e. The molecule has 0 aromatic rings. The summed E-state index contributed by atoms with van der Waals surface area (Å²) in [5.41, 5.74) is 0. The van der Waals surface area contributed by atoms with Gasteiger partial charge in [-0.2, -0.15) is 0 Å². The molecule has 19 heteroatoms. The molecular weight excluding hydrogens is 1290 g/mol. The molecule has 0 heterocycles. The predicted octanol–water partition coefficient (Wildman–Crippen LogP) is 24.0. The van der Waals surface area contributed by atoms with Crippen LogP contribution in [0.3, 0.4) is 0 Å². The molecule has 0 aromatic carbocycles. The van der Waals surface area contributed by atoms with Gasteiger partial charge in [-0.1, -0.05) is 375 Å². The summed E-state index contributed by atoms with van der Waals surface area (Å²) in [6.45, 7) is 7.23. The number of unbranched alkanes of at least 4 members (excludes halogenated alkanes) is 52. The quantitative estimate of drug-likeness (QED) is 0.0222. The molecule has 0 radical (unpaired) electrons. The summed E-state index contributed by atoms with van der Waals surface area (Å²) in [5, 5.41) is 10.6. The highest BCUT2D eigenvalue weighted by atomic mass is 31.2. The van der Waals surface area contributed by atoms with E-state index in [0.29, 0.717) is 25.7 Å². The third-order valence-corrected chi connectivity index (χ3v) is 20.7. The summed E-state index contributed by atoms with van der Waals surface area (Å²) >= 11 is 0. The molecule has 0 aromatic heterocycles. The number of hydrogen-bond donors (Lipinski definition) is 3. The number of phosphoric ester groups is 2. The Morgan fingerprint density at radius 2 is 0.465 bits per heavy atom. The molecule has 2 unspecified atom stereocenters. The van der Waals surface area contributed by atoms with E-state index in [1.54, 1.807) is 0 Å². The van der Waals surface area contributed by atoms with Crippen molar-refractivity contribution in [3.63, 3.8) is 0 Å². The minimum Gasteiger partial charge on any atom is -0.462 e. The second-order valence-corrected chi connectivity index (χ2v) is 32.2. The molecule has 17 nitrogen and oxygen atoms in total. The van der Waals surface area contributed by atoms with Crippen molar-refractivity contribution in [2.75, 3.05) is 39.6 Å². The molecule has 0 aliphatic heterocycles. The highest BCUT2D eigenvalue weighted by Crippen LogP contribution is 2.45. The van der Waals surface area contributed by atoms with E-state index in [9.17, 15) is 43.2 Å². The van der Waals surface area contributed by atoms with Gasteiger partial charge in [0.2, 0.25) is 0 Å². The van der Waals surface area contributed by atoms with Gasteiger partial charge in [-0.15, -0.1) is 0 Å². The average molecular weight is 1450 g/mol. The number of rotatable bonds is 80. The lowest BCUT2D eigenvalue weighted by atomic mass is 10.0. The molecule has 0 rings (SSSR count). The third kappa shape index (κ3) is 74.1. The Morgan fingerprint density at radius 1 is 0.273 bits per heavy atom. The van der Waals surface area contributed by atoms with Crippen molar-refractivity contribution in [3.05, 3.63) is 0 Å². The van der Waals surface area contributed by atoms with Crippen LogP contribution in [-0.4, -0.2) is 96.7 Å². The zero-order chi connectivity index (χ0) is 72.7. The number of phosphoric acid groups is 2. The predicted molar refractivity (Wildman–Crippen MR) is 405 cm³/mol. The maximum Gasteiger partial charge on any atom is 0.472 e. The van der Waals surface area contributed by atoms with E-state index < -0.39 is 97.5 Å². The minimum absolute atomic E-state index is 0.106. The van der Waals surface area contributed by atoms with Crippen LogP contribution in [-0.2, 0) is 65.4 Å². The van der Waals surface area contributed by atoms with Gasteiger partial charge in [-0.3, -0.25) is 37.3 Å². The molecule has 0 bridgehead atoms. The topological polar surface area (TPSA) is 237 Å². The molecule has 0 fully saturated rings. The SMILES string of the molecule is CCCCCCCCCCCCCCCCCCCCCCCC(=O)O[C@H](COC(=O)CCCCCCCCCCCCCCCCCCCCC)COP(=O)(O)OC[C@@H](O)COP(=O)(O)OC[C@@H](COC(=O)CCCCCCC)OC(=O)CCCCCCCCCCCCCC(C)C. The maximum atomic E-state index is 13.1. The Labute approximate surface area is 607 Å². The molecular formula is C80H156O17P2. The van der Waals surface area contributed by atoms with Crippen molar-refractivity contribution in [2.45, 2.75) is 445 Å². The van der Waals surface area contributed by atoms with Crippen LogP contribution < -0.4 is 0 Å². The molecule has 99 heavy (non-hydrogen) atoms. The number of aliphatic hydroxyl groups is 1. The minimum atomic E-state index is -4.96. The van der Waals surface area contributed by atoms with Crippen molar-refractivity contribution in [1.29, 1.82) is 0 Å². The van der Waals surface area contributed by atoms with E-state index >= 15 is 0 Å². The van der Waals surface area contributed by atoms with E-state index in [0.717, 1.165) is 102 Å². The van der Waals surface area contributed by atoms with Gasteiger partial charge in [0.25, 0.3) is 0 Å². The summed E-state index contributed by atoms with van der Waals surface area (Å²) in [7, 11) is -9.91. The van der Waals surface area contributed by atoms with E-state index in [4.69, 9.17) is 37.0 Å². The van der Waals surface area contributed by atoms with E-state index in [2.05, 4.69) is 34.6 Å². The molecule has 5 atom stereocenters. The second-order valence-electron chi connectivity index (χ2n) is 29.3. The fraction of sp³-hybridized carbons (Fsp3) is 0.950. The highest BCUT2D eigenvalue weighted by molar-refractivity contribution is 7.47. The molecule has 588 valence electrons. The summed E-state index contributed by atoms with van der Waals surface area (Å²) in [4.78, 5) is 72.7. The number of carbonyl (C=O) groups is 4. The first-order valence-electron chi connectivity index (χ1n) is 41.6. The van der Waals surface area contributed by atoms with Crippen molar-refractivity contribution < 1.29 is 80.2 Å². The van der Waals surface area contributed by atoms with Crippen LogP contribution >= 0.6 is 15.6 Å².